The fourth-order valence-electron chi connectivity index (χ4n) is 3.25. The number of hydrogen-bond donors (Lipinski definition) is 0. The van der Waals surface area contributed by atoms with Gasteiger partial charge in [0.25, 0.3) is 5.56 Å². The first-order valence-corrected chi connectivity index (χ1v) is 9.22. The third-order valence-corrected chi connectivity index (χ3v) is 6.02. The van der Waals surface area contributed by atoms with Crippen molar-refractivity contribution in [3.05, 3.63) is 38.8 Å². The van der Waals surface area contributed by atoms with E-state index in [1.165, 1.54) is 17.7 Å². The second-order valence-corrected chi connectivity index (χ2v) is 7.86. The molecule has 5 nitrogen and oxygen atoms in total. The van der Waals surface area contributed by atoms with Crippen molar-refractivity contribution >= 4 is 16.5 Å². The van der Waals surface area contributed by atoms with E-state index in [1.807, 2.05) is 6.07 Å². The van der Waals surface area contributed by atoms with Crippen LogP contribution in [0.1, 0.15) is 47.9 Å². The van der Waals surface area contributed by atoms with Crippen molar-refractivity contribution in [3.63, 3.8) is 0 Å². The van der Waals surface area contributed by atoms with Gasteiger partial charge in [-0.25, -0.2) is 9.67 Å². The SMILES string of the molecule is Cc1nc(N2CCCC2Cn2nc(C3CC3)ccc2=O)sc1C. The van der Waals surface area contributed by atoms with E-state index in [-0.39, 0.29) is 5.56 Å². The molecule has 0 radical (unpaired) electrons. The summed E-state index contributed by atoms with van der Waals surface area (Å²) in [6.45, 7) is 5.86. The van der Waals surface area contributed by atoms with E-state index < -0.39 is 0 Å². The summed E-state index contributed by atoms with van der Waals surface area (Å²) in [5, 5.41) is 5.70. The van der Waals surface area contributed by atoms with Gasteiger partial charge < -0.3 is 4.90 Å². The number of nitrogens with zero attached hydrogens (tertiary/aromatic N) is 4. The number of aryl methyl sites for hydroxylation is 2. The maximum absolute atomic E-state index is 12.2. The van der Waals surface area contributed by atoms with Crippen molar-refractivity contribution < 1.29 is 0 Å². The fourth-order valence-corrected chi connectivity index (χ4v) is 4.26. The van der Waals surface area contributed by atoms with Gasteiger partial charge in [0.15, 0.2) is 5.13 Å². The highest BCUT2D eigenvalue weighted by Crippen LogP contribution is 2.38. The van der Waals surface area contributed by atoms with Gasteiger partial charge >= 0.3 is 0 Å². The van der Waals surface area contributed by atoms with Gasteiger partial charge in [-0.3, -0.25) is 4.79 Å². The van der Waals surface area contributed by atoms with Gasteiger partial charge in [0.2, 0.25) is 0 Å². The van der Waals surface area contributed by atoms with Crippen LogP contribution < -0.4 is 10.5 Å². The van der Waals surface area contributed by atoms with Crippen LogP contribution in [0.3, 0.4) is 0 Å². The van der Waals surface area contributed by atoms with Crippen LogP contribution in [-0.4, -0.2) is 27.4 Å². The first-order chi connectivity index (χ1) is 11.1. The fraction of sp³-hybridized carbons (Fsp3) is 0.588. The van der Waals surface area contributed by atoms with Gasteiger partial charge in [-0.15, -0.1) is 11.3 Å². The minimum Gasteiger partial charge on any atom is -0.343 e. The van der Waals surface area contributed by atoms with Crippen molar-refractivity contribution in [1.82, 2.24) is 14.8 Å². The van der Waals surface area contributed by atoms with Crippen LogP contribution in [0.5, 0.6) is 0 Å². The second kappa shape index (κ2) is 5.74. The molecular weight excluding hydrogens is 308 g/mol. The lowest BCUT2D eigenvalue weighted by Crippen LogP contribution is -2.37. The van der Waals surface area contributed by atoms with E-state index in [0.29, 0.717) is 18.5 Å². The molecule has 2 aromatic heterocycles. The molecule has 23 heavy (non-hydrogen) atoms. The molecule has 6 heteroatoms. The molecule has 0 N–H and O–H groups in total. The summed E-state index contributed by atoms with van der Waals surface area (Å²) in [5.74, 6) is 0.575. The molecule has 2 fully saturated rings. The minimum absolute atomic E-state index is 0.00718. The van der Waals surface area contributed by atoms with Crippen LogP contribution in [-0.2, 0) is 6.54 Å². The molecule has 1 aliphatic carbocycles. The molecule has 0 bridgehead atoms. The summed E-state index contributed by atoms with van der Waals surface area (Å²) in [4.78, 5) is 20.5. The highest BCUT2D eigenvalue weighted by atomic mass is 32.1. The van der Waals surface area contributed by atoms with Crippen LogP contribution in [0, 0.1) is 13.8 Å². The average molecular weight is 330 g/mol. The summed E-state index contributed by atoms with van der Waals surface area (Å²) in [5.41, 5.74) is 2.20. The smallest absolute Gasteiger partial charge is 0.266 e. The van der Waals surface area contributed by atoms with Crippen molar-refractivity contribution in [2.45, 2.75) is 58.0 Å². The van der Waals surface area contributed by atoms with E-state index in [0.717, 1.165) is 35.9 Å². The Morgan fingerprint density at radius 2 is 2.09 bits per heavy atom. The first kappa shape index (κ1) is 14.9. The van der Waals surface area contributed by atoms with Gasteiger partial charge in [0.1, 0.15) is 0 Å². The predicted octanol–water partition coefficient (Wildman–Crippen LogP) is 2.86. The summed E-state index contributed by atoms with van der Waals surface area (Å²) in [6.07, 6.45) is 4.66. The lowest BCUT2D eigenvalue weighted by molar-refractivity contribution is 0.482. The van der Waals surface area contributed by atoms with Gasteiger partial charge in [-0.05, 0) is 45.6 Å². The zero-order valence-corrected chi connectivity index (χ0v) is 14.5. The summed E-state index contributed by atoms with van der Waals surface area (Å²) >= 11 is 1.76. The van der Waals surface area contributed by atoms with Crippen molar-refractivity contribution in [1.29, 1.82) is 0 Å². The van der Waals surface area contributed by atoms with Crippen LogP contribution in [0.15, 0.2) is 16.9 Å². The van der Waals surface area contributed by atoms with Crippen LogP contribution in [0.4, 0.5) is 5.13 Å². The molecule has 1 atom stereocenters. The number of thiazole rings is 1. The van der Waals surface area contributed by atoms with E-state index >= 15 is 0 Å². The monoisotopic (exact) mass is 330 g/mol. The Kier molecular flexibility index (Phi) is 3.71. The van der Waals surface area contributed by atoms with Crippen molar-refractivity contribution in [2.75, 3.05) is 11.4 Å². The Balaban J connectivity index is 1.57. The normalized spacial score (nSPS) is 21.1. The van der Waals surface area contributed by atoms with Gasteiger partial charge in [-0.2, -0.15) is 5.10 Å². The summed E-state index contributed by atoms with van der Waals surface area (Å²) in [7, 11) is 0. The molecule has 1 aliphatic heterocycles. The number of anilines is 1. The largest absolute Gasteiger partial charge is 0.343 e. The minimum atomic E-state index is 0.00718. The number of aromatic nitrogens is 3. The van der Waals surface area contributed by atoms with Crippen LogP contribution >= 0.6 is 11.3 Å². The first-order valence-electron chi connectivity index (χ1n) is 8.40. The van der Waals surface area contributed by atoms with E-state index in [2.05, 4.69) is 23.8 Å². The molecule has 2 aromatic rings. The molecule has 0 aromatic carbocycles. The highest BCUT2D eigenvalue weighted by molar-refractivity contribution is 7.15. The molecule has 1 saturated carbocycles. The molecule has 3 heterocycles. The molecule has 122 valence electrons. The number of rotatable bonds is 4. The Morgan fingerprint density at radius 3 is 2.78 bits per heavy atom. The Morgan fingerprint density at radius 1 is 1.26 bits per heavy atom. The van der Waals surface area contributed by atoms with Crippen LogP contribution in [0.25, 0.3) is 0 Å². The zero-order chi connectivity index (χ0) is 16.0. The molecule has 0 amide bonds. The lowest BCUT2D eigenvalue weighted by atomic mass is 10.2. The number of hydrogen-bond acceptors (Lipinski definition) is 5. The third kappa shape index (κ3) is 2.92. The van der Waals surface area contributed by atoms with Crippen molar-refractivity contribution in [3.8, 4) is 0 Å². The van der Waals surface area contributed by atoms with Gasteiger partial charge in [0, 0.05) is 23.4 Å². The maximum atomic E-state index is 12.2. The molecule has 2 aliphatic rings. The quantitative estimate of drug-likeness (QED) is 0.865. The molecule has 1 unspecified atom stereocenters. The molecule has 4 rings (SSSR count). The predicted molar refractivity (Wildman–Crippen MR) is 92.4 cm³/mol. The summed E-state index contributed by atoms with van der Waals surface area (Å²) < 4.78 is 1.67. The van der Waals surface area contributed by atoms with E-state index in [1.54, 1.807) is 22.1 Å². The second-order valence-electron chi connectivity index (χ2n) is 6.68. The third-order valence-electron chi connectivity index (χ3n) is 4.91. The molecule has 1 saturated heterocycles. The van der Waals surface area contributed by atoms with E-state index in [4.69, 9.17) is 4.98 Å². The maximum Gasteiger partial charge on any atom is 0.266 e. The standard InChI is InChI=1S/C17H22N4OS/c1-11-12(2)23-17(18-11)20-9-3-4-14(20)10-21-16(22)8-7-15(19-21)13-5-6-13/h7-8,13-14H,3-6,9-10H2,1-2H3. The average Bonchev–Trinajstić information content (AvgIpc) is 3.19. The highest BCUT2D eigenvalue weighted by Gasteiger charge is 2.29. The van der Waals surface area contributed by atoms with Gasteiger partial charge in [0.05, 0.1) is 24.0 Å². The lowest BCUT2D eigenvalue weighted by Gasteiger charge is -2.24. The Labute approximate surface area is 140 Å². The topological polar surface area (TPSA) is 51.0 Å². The van der Waals surface area contributed by atoms with E-state index in [9.17, 15) is 4.79 Å². The zero-order valence-electron chi connectivity index (χ0n) is 13.7. The summed E-state index contributed by atoms with van der Waals surface area (Å²) in [6, 6.07) is 3.90. The molecule has 0 spiro atoms. The van der Waals surface area contributed by atoms with Gasteiger partial charge in [-0.1, -0.05) is 0 Å². The van der Waals surface area contributed by atoms with Crippen molar-refractivity contribution in [2.24, 2.45) is 0 Å². The Bertz CT molecular complexity index is 758. The Hall–Kier alpha value is -1.69. The molecular formula is C17H22N4OS. The van der Waals surface area contributed by atoms with Crippen LogP contribution in [0.2, 0.25) is 0 Å².